The van der Waals surface area contributed by atoms with E-state index in [-0.39, 0.29) is 55.1 Å². The minimum atomic E-state index is -1.32. The van der Waals surface area contributed by atoms with Crippen molar-refractivity contribution in [1.29, 1.82) is 0 Å². The molecule has 2 aromatic carbocycles. The van der Waals surface area contributed by atoms with Crippen molar-refractivity contribution >= 4 is 51.0 Å². The molecule has 2 bridgehead atoms. The lowest BCUT2D eigenvalue weighted by Crippen LogP contribution is -2.57. The zero-order valence-electron chi connectivity index (χ0n) is 31.2. The predicted octanol–water partition coefficient (Wildman–Crippen LogP) is 5.28. The number of ether oxygens (including phenoxy) is 2. The van der Waals surface area contributed by atoms with E-state index < -0.39 is 47.7 Å². The van der Waals surface area contributed by atoms with E-state index in [1.165, 1.54) is 4.90 Å². The summed E-state index contributed by atoms with van der Waals surface area (Å²) in [5.74, 6) is -3.48. The predicted molar refractivity (Wildman–Crippen MR) is 209 cm³/mol. The monoisotopic (exact) mass is 792 g/mol. The van der Waals surface area contributed by atoms with Gasteiger partial charge in [-0.15, -0.1) is 13.2 Å². The average molecular weight is 794 g/mol. The van der Waals surface area contributed by atoms with E-state index in [1.54, 1.807) is 29.0 Å². The molecule has 8 atom stereocenters. The molecule has 1 N–H and O–H groups in total. The highest BCUT2D eigenvalue weighted by Gasteiger charge is 2.77. The number of hydrogen-bond acceptors (Lipinski definition) is 8. The number of aliphatic hydroxyl groups excluding tert-OH is 1. The van der Waals surface area contributed by atoms with Crippen molar-refractivity contribution in [2.24, 2.45) is 11.8 Å². The van der Waals surface area contributed by atoms with E-state index in [1.807, 2.05) is 61.5 Å². The van der Waals surface area contributed by atoms with Gasteiger partial charge in [-0.2, -0.15) is 0 Å². The topological polar surface area (TPSA) is 120 Å². The van der Waals surface area contributed by atoms with Gasteiger partial charge in [-0.05, 0) is 69.9 Å². The van der Waals surface area contributed by atoms with Crippen molar-refractivity contribution in [2.45, 2.75) is 81.2 Å². The fraction of sp³-hybridized carbons (Fsp3) is 0.512. The van der Waals surface area contributed by atoms with Crippen molar-refractivity contribution in [2.75, 3.05) is 49.6 Å². The highest BCUT2D eigenvalue weighted by atomic mass is 79.9. The Hall–Kier alpha value is -4.00. The Labute approximate surface area is 321 Å². The zero-order valence-corrected chi connectivity index (χ0v) is 32.8. The number of fused-ring (bicyclic) bond motifs is 1. The summed E-state index contributed by atoms with van der Waals surface area (Å²) in [7, 11) is 1.69. The van der Waals surface area contributed by atoms with E-state index in [9.17, 15) is 24.3 Å². The van der Waals surface area contributed by atoms with Crippen LogP contribution >= 0.6 is 15.9 Å². The number of rotatable bonds is 18. The van der Waals surface area contributed by atoms with Gasteiger partial charge in [0.25, 0.3) is 5.91 Å². The molecule has 3 aliphatic heterocycles. The van der Waals surface area contributed by atoms with Crippen LogP contribution in [0.1, 0.15) is 58.1 Å². The molecule has 1 spiro atoms. The van der Waals surface area contributed by atoms with Gasteiger partial charge in [0, 0.05) is 62.5 Å². The number of amides is 3. The minimum absolute atomic E-state index is 0.108. The third-order valence-corrected chi connectivity index (χ3v) is 11.9. The van der Waals surface area contributed by atoms with E-state index in [0.717, 1.165) is 18.8 Å². The maximum absolute atomic E-state index is 14.9. The van der Waals surface area contributed by atoms with Crippen molar-refractivity contribution in [3.63, 3.8) is 0 Å². The second kappa shape index (κ2) is 17.4. The summed E-state index contributed by atoms with van der Waals surface area (Å²) in [6.45, 7) is 15.4. The molecule has 2 aromatic rings. The van der Waals surface area contributed by atoms with Crippen LogP contribution in [0.5, 0.6) is 0 Å². The number of hydrogen-bond donors (Lipinski definition) is 1. The molecule has 3 fully saturated rings. The first-order valence-electron chi connectivity index (χ1n) is 18.6. The van der Waals surface area contributed by atoms with Crippen LogP contribution in [0.4, 0.5) is 11.4 Å². The molecule has 286 valence electrons. The summed E-state index contributed by atoms with van der Waals surface area (Å²) in [6.07, 6.45) is 3.12. The Kier molecular flexibility index (Phi) is 13.2. The van der Waals surface area contributed by atoms with Crippen LogP contribution in [0.25, 0.3) is 0 Å². The first-order chi connectivity index (χ1) is 25.5. The van der Waals surface area contributed by atoms with Gasteiger partial charge in [0.05, 0.1) is 24.0 Å². The maximum Gasteiger partial charge on any atom is 0.313 e. The molecular weight excluding hydrogens is 740 g/mol. The highest BCUT2D eigenvalue weighted by molar-refractivity contribution is 9.09. The largest absolute Gasteiger partial charge is 0.455 e. The summed E-state index contributed by atoms with van der Waals surface area (Å²) in [5, 5.41) is 9.83. The quantitative estimate of drug-likeness (QED) is 0.123. The summed E-state index contributed by atoms with van der Waals surface area (Å²) >= 11 is 3.75. The molecule has 3 saturated heterocycles. The molecule has 12 heteroatoms. The number of halogens is 1. The lowest BCUT2D eigenvalue weighted by Gasteiger charge is -2.37. The minimum Gasteiger partial charge on any atom is -0.455 e. The van der Waals surface area contributed by atoms with Gasteiger partial charge in [0.2, 0.25) is 11.8 Å². The van der Waals surface area contributed by atoms with Gasteiger partial charge in [0.15, 0.2) is 0 Å². The molecule has 0 radical (unpaired) electrons. The number of anilines is 2. The number of allylic oxidation sites excluding steroid dienone is 1. The van der Waals surface area contributed by atoms with Crippen molar-refractivity contribution in [3.8, 4) is 0 Å². The molecule has 11 nitrogen and oxygen atoms in total. The molecule has 0 aliphatic carbocycles. The summed E-state index contributed by atoms with van der Waals surface area (Å²) < 4.78 is 13.1. The van der Waals surface area contributed by atoms with Crippen molar-refractivity contribution < 1.29 is 33.8 Å². The Bertz CT molecular complexity index is 1640. The number of likely N-dealkylation sites (tertiary alicyclic amines) is 1. The standard InChI is InChI=1S/C41H53BrN4O7/c1-7-11-18-32(48)43(6)27(5)35(28-16-13-12-14-17-28)52-40(51)33-34-38(49)46(24-15-25-47)37(41(34)26-31(42)36(33)53-41)39(50)45(23-8-2)30-21-19-29(20-22-30)44(9-3)10-4/h7-8,12-14,16-17,19-22,27,31,33-37,47H,1-2,9-11,15,18,23-26H2,3-6H3/t27-,31?,33+,34-,35+,36+,37+,41-/m1/s1. The third-order valence-electron chi connectivity index (χ3n) is 11.1. The fourth-order valence-corrected chi connectivity index (χ4v) is 9.26. The van der Waals surface area contributed by atoms with Gasteiger partial charge >= 0.3 is 5.97 Å². The van der Waals surface area contributed by atoms with Crippen molar-refractivity contribution in [3.05, 3.63) is 85.5 Å². The molecule has 3 aliphatic rings. The van der Waals surface area contributed by atoms with Gasteiger partial charge in [-0.25, -0.2) is 0 Å². The molecule has 0 saturated carbocycles. The lowest BCUT2D eigenvalue weighted by molar-refractivity contribution is -0.164. The van der Waals surface area contributed by atoms with Gasteiger partial charge < -0.3 is 34.2 Å². The second-order valence-electron chi connectivity index (χ2n) is 14.0. The fourth-order valence-electron chi connectivity index (χ4n) is 8.31. The number of carbonyl (C=O) groups is 4. The lowest BCUT2D eigenvalue weighted by atomic mass is 9.70. The molecule has 53 heavy (non-hydrogen) atoms. The molecule has 3 amide bonds. The summed E-state index contributed by atoms with van der Waals surface area (Å²) in [6, 6.07) is 15.4. The van der Waals surface area contributed by atoms with E-state index in [4.69, 9.17) is 9.47 Å². The second-order valence-corrected chi connectivity index (χ2v) is 15.2. The van der Waals surface area contributed by atoms with E-state index in [2.05, 4.69) is 47.8 Å². The first kappa shape index (κ1) is 40.2. The van der Waals surface area contributed by atoms with Crippen LogP contribution in [-0.2, 0) is 28.7 Å². The van der Waals surface area contributed by atoms with Crippen LogP contribution in [0.2, 0.25) is 0 Å². The van der Waals surface area contributed by atoms with Crippen LogP contribution in [0.15, 0.2) is 79.9 Å². The summed E-state index contributed by atoms with van der Waals surface area (Å²) in [4.78, 5) is 63.7. The van der Waals surface area contributed by atoms with Gasteiger partial charge in [-0.3, -0.25) is 19.2 Å². The van der Waals surface area contributed by atoms with Gasteiger partial charge in [0.1, 0.15) is 17.7 Å². The zero-order chi connectivity index (χ0) is 38.4. The first-order valence-corrected chi connectivity index (χ1v) is 19.5. The van der Waals surface area contributed by atoms with Crippen molar-refractivity contribution in [1.82, 2.24) is 9.80 Å². The van der Waals surface area contributed by atoms with Gasteiger partial charge in [-0.1, -0.05) is 58.4 Å². The Morgan fingerprint density at radius 2 is 1.74 bits per heavy atom. The Balaban J connectivity index is 1.50. The smallest absolute Gasteiger partial charge is 0.313 e. The third kappa shape index (κ3) is 7.68. The Morgan fingerprint density at radius 1 is 1.08 bits per heavy atom. The van der Waals surface area contributed by atoms with Crippen LogP contribution in [0, 0.1) is 11.8 Å². The number of nitrogens with zero attached hydrogens (tertiary/aromatic N) is 4. The normalized spacial score (nSPS) is 25.4. The van der Waals surface area contributed by atoms with Crippen LogP contribution in [0.3, 0.4) is 0 Å². The molecule has 5 rings (SSSR count). The number of alkyl halides is 1. The van der Waals surface area contributed by atoms with Crippen LogP contribution in [-0.4, -0.2) is 107 Å². The van der Waals surface area contributed by atoms with E-state index in [0.29, 0.717) is 24.1 Å². The number of likely N-dealkylation sites (N-methyl/N-ethyl adjacent to an activating group) is 1. The molecule has 0 aromatic heterocycles. The van der Waals surface area contributed by atoms with Crippen LogP contribution < -0.4 is 9.80 Å². The molecule has 1 unspecified atom stereocenters. The number of esters is 1. The SMILES string of the molecule is C=CCCC(=O)N(C)[C@H](C)[C@H](OC(=O)[C@@H]1[C@H]2O[C@@]3(CC2Br)[C@H](C(=O)N(CC=C)c2ccc(N(CC)CC)cc2)N(CCCO)C(=O)[C@@H]13)c1ccccc1. The molecule has 3 heterocycles. The number of benzene rings is 2. The number of carbonyl (C=O) groups excluding carboxylic acids is 4. The Morgan fingerprint density at radius 3 is 2.34 bits per heavy atom. The highest BCUT2D eigenvalue weighted by Crippen LogP contribution is 2.60. The van der Waals surface area contributed by atoms with E-state index >= 15 is 0 Å². The maximum atomic E-state index is 14.9. The average Bonchev–Trinajstić information content (AvgIpc) is 3.77. The number of aliphatic hydroxyl groups is 1. The molecular formula is C41H53BrN4O7. The summed E-state index contributed by atoms with van der Waals surface area (Å²) in [5.41, 5.74) is 1.05.